The number of nitrogens with one attached hydrogen (secondary N) is 1. The van der Waals surface area contributed by atoms with Crippen molar-refractivity contribution in [3.63, 3.8) is 0 Å². The third-order valence-electron chi connectivity index (χ3n) is 4.98. The summed E-state index contributed by atoms with van der Waals surface area (Å²) in [6.07, 6.45) is 3.37. The Bertz CT molecular complexity index is 652. The number of aliphatic hydroxyl groups is 1. The molecule has 1 aliphatic heterocycles. The highest BCUT2D eigenvalue weighted by atomic mass is 19.1. The zero-order valence-corrected chi connectivity index (χ0v) is 14.7. The Kier molecular flexibility index (Phi) is 6.00. The number of piperidine rings is 1. The monoisotopic (exact) mass is 343 g/mol. The van der Waals surface area contributed by atoms with Crippen molar-refractivity contribution in [2.75, 3.05) is 24.6 Å². The first-order valence-corrected chi connectivity index (χ1v) is 8.95. The van der Waals surface area contributed by atoms with Crippen LogP contribution in [0.1, 0.15) is 37.1 Å². The van der Waals surface area contributed by atoms with Gasteiger partial charge in [-0.15, -0.1) is 0 Å². The molecular weight excluding hydrogens is 317 g/mol. The van der Waals surface area contributed by atoms with Crippen LogP contribution in [0.25, 0.3) is 0 Å². The van der Waals surface area contributed by atoms with Crippen molar-refractivity contribution in [1.29, 1.82) is 0 Å². The standard InChI is InChI=1S/C20H26FN3O/c1-15(20-7-4-18(21)13-23-20)22-12-16-2-5-19(6-3-16)24-10-8-17(14-25)9-11-24/h2-7,13,15,17,22,25H,8-12,14H2,1H3. The summed E-state index contributed by atoms with van der Waals surface area (Å²) in [6.45, 7) is 5.10. The Morgan fingerprint density at radius 2 is 1.92 bits per heavy atom. The number of nitrogens with zero attached hydrogens (tertiary/aromatic N) is 2. The lowest BCUT2D eigenvalue weighted by molar-refractivity contribution is 0.203. The number of pyridine rings is 1. The van der Waals surface area contributed by atoms with Gasteiger partial charge in [-0.1, -0.05) is 12.1 Å². The number of anilines is 1. The molecule has 1 fully saturated rings. The summed E-state index contributed by atoms with van der Waals surface area (Å²) in [4.78, 5) is 6.50. The number of aliphatic hydroxyl groups excluding tert-OH is 1. The van der Waals surface area contributed by atoms with E-state index in [2.05, 4.69) is 39.5 Å². The van der Waals surface area contributed by atoms with Gasteiger partial charge in [0.2, 0.25) is 0 Å². The molecule has 3 rings (SSSR count). The van der Waals surface area contributed by atoms with Crippen LogP contribution < -0.4 is 10.2 Å². The quantitative estimate of drug-likeness (QED) is 0.845. The molecule has 0 aliphatic carbocycles. The van der Waals surface area contributed by atoms with Gasteiger partial charge >= 0.3 is 0 Å². The molecule has 25 heavy (non-hydrogen) atoms. The predicted molar refractivity (Wildman–Crippen MR) is 97.9 cm³/mol. The molecule has 4 nitrogen and oxygen atoms in total. The van der Waals surface area contributed by atoms with Crippen molar-refractivity contribution >= 4 is 5.69 Å². The van der Waals surface area contributed by atoms with Crippen LogP contribution in [0.15, 0.2) is 42.6 Å². The maximum atomic E-state index is 12.9. The molecule has 0 radical (unpaired) electrons. The second-order valence-electron chi connectivity index (χ2n) is 6.78. The Morgan fingerprint density at radius 1 is 1.20 bits per heavy atom. The van der Waals surface area contributed by atoms with E-state index in [0.717, 1.165) is 38.2 Å². The summed E-state index contributed by atoms with van der Waals surface area (Å²) in [6, 6.07) is 11.8. The minimum absolute atomic E-state index is 0.0674. The fraction of sp³-hybridized carbons (Fsp3) is 0.450. The van der Waals surface area contributed by atoms with E-state index in [-0.39, 0.29) is 11.9 Å². The molecule has 1 aromatic carbocycles. The van der Waals surface area contributed by atoms with Crippen molar-refractivity contribution in [3.05, 3.63) is 59.7 Å². The molecular formula is C20H26FN3O. The number of rotatable bonds is 6. The normalized spacial score (nSPS) is 16.8. The molecule has 2 aromatic rings. The lowest BCUT2D eigenvalue weighted by Crippen LogP contribution is -2.34. The van der Waals surface area contributed by atoms with E-state index in [1.54, 1.807) is 6.07 Å². The molecule has 2 N–H and O–H groups in total. The van der Waals surface area contributed by atoms with E-state index in [1.165, 1.54) is 23.5 Å². The zero-order chi connectivity index (χ0) is 17.6. The summed E-state index contributed by atoms with van der Waals surface area (Å²) >= 11 is 0. The van der Waals surface area contributed by atoms with Gasteiger partial charge in [-0.25, -0.2) is 4.39 Å². The van der Waals surface area contributed by atoms with E-state index >= 15 is 0 Å². The fourth-order valence-electron chi connectivity index (χ4n) is 3.22. The topological polar surface area (TPSA) is 48.4 Å². The van der Waals surface area contributed by atoms with Crippen molar-refractivity contribution < 1.29 is 9.50 Å². The molecule has 0 spiro atoms. The first kappa shape index (κ1) is 17.8. The average molecular weight is 343 g/mol. The highest BCUT2D eigenvalue weighted by Crippen LogP contribution is 2.23. The average Bonchev–Trinajstić information content (AvgIpc) is 2.67. The Hall–Kier alpha value is -1.98. The molecule has 134 valence electrons. The number of aromatic nitrogens is 1. The van der Waals surface area contributed by atoms with Gasteiger partial charge in [-0.05, 0) is 55.5 Å². The second-order valence-corrected chi connectivity index (χ2v) is 6.78. The third-order valence-corrected chi connectivity index (χ3v) is 4.98. The Labute approximate surface area is 148 Å². The summed E-state index contributed by atoms with van der Waals surface area (Å²) < 4.78 is 12.9. The second kappa shape index (κ2) is 8.41. The van der Waals surface area contributed by atoms with E-state index < -0.39 is 0 Å². The molecule has 1 unspecified atom stereocenters. The molecule has 1 aromatic heterocycles. The number of hydrogen-bond donors (Lipinski definition) is 2. The molecule has 0 saturated carbocycles. The van der Waals surface area contributed by atoms with Crippen molar-refractivity contribution in [1.82, 2.24) is 10.3 Å². The zero-order valence-electron chi connectivity index (χ0n) is 14.7. The van der Waals surface area contributed by atoms with E-state index in [0.29, 0.717) is 12.5 Å². The predicted octanol–water partition coefficient (Wildman–Crippen LogP) is 3.28. The maximum absolute atomic E-state index is 12.9. The largest absolute Gasteiger partial charge is 0.396 e. The molecule has 5 heteroatoms. The lowest BCUT2D eigenvalue weighted by atomic mass is 9.97. The number of benzene rings is 1. The molecule has 0 amide bonds. The first-order valence-electron chi connectivity index (χ1n) is 8.95. The van der Waals surface area contributed by atoms with Crippen LogP contribution in [0, 0.1) is 11.7 Å². The van der Waals surface area contributed by atoms with Gasteiger partial charge in [0.15, 0.2) is 0 Å². The molecule has 1 atom stereocenters. The minimum Gasteiger partial charge on any atom is -0.396 e. The van der Waals surface area contributed by atoms with Crippen LogP contribution in [0.4, 0.5) is 10.1 Å². The number of hydrogen-bond acceptors (Lipinski definition) is 4. The van der Waals surface area contributed by atoms with Crippen LogP contribution >= 0.6 is 0 Å². The minimum atomic E-state index is -0.311. The van der Waals surface area contributed by atoms with Gasteiger partial charge in [-0.3, -0.25) is 4.98 Å². The van der Waals surface area contributed by atoms with Crippen LogP contribution in [0.5, 0.6) is 0 Å². The van der Waals surface area contributed by atoms with Gasteiger partial charge in [0.05, 0.1) is 11.9 Å². The third kappa shape index (κ3) is 4.77. The first-order chi connectivity index (χ1) is 12.2. The van der Waals surface area contributed by atoms with Crippen molar-refractivity contribution in [2.45, 2.75) is 32.4 Å². The highest BCUT2D eigenvalue weighted by molar-refractivity contribution is 5.48. The lowest BCUT2D eigenvalue weighted by Gasteiger charge is -2.33. The fourth-order valence-corrected chi connectivity index (χ4v) is 3.22. The van der Waals surface area contributed by atoms with Gasteiger partial charge in [0.25, 0.3) is 0 Å². The van der Waals surface area contributed by atoms with Crippen LogP contribution in [-0.4, -0.2) is 29.8 Å². The van der Waals surface area contributed by atoms with Crippen molar-refractivity contribution in [2.24, 2.45) is 5.92 Å². The van der Waals surface area contributed by atoms with Crippen LogP contribution in [0.2, 0.25) is 0 Å². The summed E-state index contributed by atoms with van der Waals surface area (Å²) in [5, 5.41) is 12.7. The van der Waals surface area contributed by atoms with Crippen molar-refractivity contribution in [3.8, 4) is 0 Å². The summed E-state index contributed by atoms with van der Waals surface area (Å²) in [5.74, 6) is 0.149. The molecule has 0 bridgehead atoms. The van der Waals surface area contributed by atoms with Gasteiger partial charge in [-0.2, -0.15) is 0 Å². The van der Waals surface area contributed by atoms with Gasteiger partial charge in [0.1, 0.15) is 5.82 Å². The van der Waals surface area contributed by atoms with E-state index in [1.807, 2.05) is 6.92 Å². The Morgan fingerprint density at radius 3 is 2.52 bits per heavy atom. The van der Waals surface area contributed by atoms with Gasteiger partial charge in [0, 0.05) is 38.0 Å². The molecule has 1 saturated heterocycles. The van der Waals surface area contributed by atoms with E-state index in [4.69, 9.17) is 0 Å². The summed E-state index contributed by atoms with van der Waals surface area (Å²) in [5.41, 5.74) is 3.29. The smallest absolute Gasteiger partial charge is 0.141 e. The van der Waals surface area contributed by atoms with E-state index in [9.17, 15) is 9.50 Å². The Balaban J connectivity index is 1.51. The van der Waals surface area contributed by atoms with Crippen LogP contribution in [-0.2, 0) is 6.54 Å². The number of halogens is 1. The molecule has 1 aliphatic rings. The van der Waals surface area contributed by atoms with Crippen LogP contribution in [0.3, 0.4) is 0 Å². The summed E-state index contributed by atoms with van der Waals surface area (Å²) in [7, 11) is 0. The molecule has 2 heterocycles. The SMILES string of the molecule is CC(NCc1ccc(N2CCC(CO)CC2)cc1)c1ccc(F)cn1. The van der Waals surface area contributed by atoms with Gasteiger partial charge < -0.3 is 15.3 Å². The maximum Gasteiger partial charge on any atom is 0.141 e. The highest BCUT2D eigenvalue weighted by Gasteiger charge is 2.18.